The largest absolute Gasteiger partial charge is 0.454 e. The highest BCUT2D eigenvalue weighted by Gasteiger charge is 2.31. The monoisotopic (exact) mass is 295 g/mol. The van der Waals surface area contributed by atoms with E-state index >= 15 is 0 Å². The lowest BCUT2D eigenvalue weighted by molar-refractivity contribution is -0.120. The first-order chi connectivity index (χ1) is 8.16. The SMILES string of the molecule is O=C1C=C(Br)C(=O)N1c1ccc2c(c1)OCO2. The van der Waals surface area contributed by atoms with Gasteiger partial charge in [0.05, 0.1) is 10.2 Å². The molecule has 2 aliphatic heterocycles. The van der Waals surface area contributed by atoms with Crippen LogP contribution in [0, 0.1) is 0 Å². The molecule has 2 heterocycles. The Bertz CT molecular complexity index is 567. The first kappa shape index (κ1) is 10.3. The van der Waals surface area contributed by atoms with Crippen LogP contribution >= 0.6 is 15.9 Å². The smallest absolute Gasteiger partial charge is 0.272 e. The van der Waals surface area contributed by atoms with Gasteiger partial charge in [-0.15, -0.1) is 0 Å². The van der Waals surface area contributed by atoms with Gasteiger partial charge in [-0.25, -0.2) is 4.90 Å². The second kappa shape index (κ2) is 3.59. The van der Waals surface area contributed by atoms with Gasteiger partial charge in [-0.3, -0.25) is 9.59 Å². The molecule has 86 valence electrons. The van der Waals surface area contributed by atoms with Crippen molar-refractivity contribution in [3.8, 4) is 11.5 Å². The molecule has 0 saturated heterocycles. The van der Waals surface area contributed by atoms with Crippen molar-refractivity contribution in [2.75, 3.05) is 11.7 Å². The van der Waals surface area contributed by atoms with Crippen LogP contribution in [0.5, 0.6) is 11.5 Å². The zero-order valence-electron chi connectivity index (χ0n) is 8.47. The first-order valence-electron chi connectivity index (χ1n) is 4.82. The third-order valence-electron chi connectivity index (χ3n) is 2.49. The highest BCUT2D eigenvalue weighted by molar-refractivity contribution is 9.12. The number of fused-ring (bicyclic) bond motifs is 1. The number of amides is 2. The van der Waals surface area contributed by atoms with Gasteiger partial charge >= 0.3 is 0 Å². The summed E-state index contributed by atoms with van der Waals surface area (Å²) in [6, 6.07) is 4.92. The van der Waals surface area contributed by atoms with Gasteiger partial charge in [0.2, 0.25) is 6.79 Å². The van der Waals surface area contributed by atoms with Crippen LogP contribution in [-0.4, -0.2) is 18.6 Å². The van der Waals surface area contributed by atoms with E-state index in [0.29, 0.717) is 17.2 Å². The van der Waals surface area contributed by atoms with Crippen molar-refractivity contribution in [2.45, 2.75) is 0 Å². The molecule has 0 radical (unpaired) electrons. The van der Waals surface area contributed by atoms with Crippen LogP contribution in [0.15, 0.2) is 28.8 Å². The Hall–Kier alpha value is -1.82. The molecule has 2 amide bonds. The molecule has 0 spiro atoms. The Morgan fingerprint density at radius 1 is 1.18 bits per heavy atom. The Balaban J connectivity index is 2.01. The predicted octanol–water partition coefficient (Wildman–Crippen LogP) is 1.57. The molecule has 0 fully saturated rings. The molecule has 0 unspecified atom stereocenters. The number of rotatable bonds is 1. The van der Waals surface area contributed by atoms with Crippen molar-refractivity contribution in [2.24, 2.45) is 0 Å². The molecule has 2 aliphatic rings. The molecule has 0 N–H and O–H groups in total. The molecule has 5 nitrogen and oxygen atoms in total. The van der Waals surface area contributed by atoms with Crippen molar-refractivity contribution in [3.63, 3.8) is 0 Å². The van der Waals surface area contributed by atoms with E-state index in [4.69, 9.17) is 9.47 Å². The number of imide groups is 1. The van der Waals surface area contributed by atoms with Crippen molar-refractivity contribution in [1.29, 1.82) is 0 Å². The van der Waals surface area contributed by atoms with Gasteiger partial charge in [0.1, 0.15) is 0 Å². The fourth-order valence-corrected chi connectivity index (χ4v) is 2.08. The molecule has 0 aromatic heterocycles. The fourth-order valence-electron chi connectivity index (χ4n) is 1.71. The minimum atomic E-state index is -0.381. The molecule has 0 saturated carbocycles. The average molecular weight is 296 g/mol. The molecular formula is C11H6BrNO4. The molecule has 0 aliphatic carbocycles. The zero-order valence-corrected chi connectivity index (χ0v) is 10.1. The lowest BCUT2D eigenvalue weighted by atomic mass is 10.2. The number of benzene rings is 1. The number of hydrogen-bond acceptors (Lipinski definition) is 4. The number of anilines is 1. The summed E-state index contributed by atoms with van der Waals surface area (Å²) in [4.78, 5) is 24.4. The van der Waals surface area contributed by atoms with Crippen LogP contribution in [0.3, 0.4) is 0 Å². The van der Waals surface area contributed by atoms with Gasteiger partial charge in [-0.2, -0.15) is 0 Å². The highest BCUT2D eigenvalue weighted by Crippen LogP contribution is 2.37. The maximum absolute atomic E-state index is 11.7. The van der Waals surface area contributed by atoms with Crippen molar-refractivity contribution in [3.05, 3.63) is 28.8 Å². The second-order valence-corrected chi connectivity index (χ2v) is 4.36. The van der Waals surface area contributed by atoms with E-state index < -0.39 is 0 Å². The molecule has 1 aromatic carbocycles. The third kappa shape index (κ3) is 1.52. The van der Waals surface area contributed by atoms with Gasteiger partial charge in [-0.05, 0) is 28.1 Å². The van der Waals surface area contributed by atoms with Gasteiger partial charge in [-0.1, -0.05) is 0 Å². The summed E-state index contributed by atoms with van der Waals surface area (Å²) in [6.45, 7) is 0.155. The lowest BCUT2D eigenvalue weighted by Gasteiger charge is -2.14. The lowest BCUT2D eigenvalue weighted by Crippen LogP contribution is -2.30. The van der Waals surface area contributed by atoms with Gasteiger partial charge < -0.3 is 9.47 Å². The van der Waals surface area contributed by atoms with E-state index in [-0.39, 0.29) is 23.1 Å². The number of nitrogens with zero attached hydrogens (tertiary/aromatic N) is 1. The zero-order chi connectivity index (χ0) is 12.0. The predicted molar refractivity (Wildman–Crippen MR) is 62.1 cm³/mol. The van der Waals surface area contributed by atoms with Crippen LogP contribution in [0.1, 0.15) is 0 Å². The Morgan fingerprint density at radius 2 is 1.94 bits per heavy atom. The number of ether oxygens (including phenoxy) is 2. The van der Waals surface area contributed by atoms with E-state index in [0.717, 1.165) is 4.90 Å². The molecule has 0 bridgehead atoms. The topological polar surface area (TPSA) is 55.8 Å². The molecule has 1 aromatic rings. The summed E-state index contributed by atoms with van der Waals surface area (Å²) in [7, 11) is 0. The summed E-state index contributed by atoms with van der Waals surface area (Å²) >= 11 is 3.04. The van der Waals surface area contributed by atoms with Crippen LogP contribution in [0.2, 0.25) is 0 Å². The van der Waals surface area contributed by atoms with E-state index in [1.54, 1.807) is 18.2 Å². The average Bonchev–Trinajstić information content (AvgIpc) is 2.84. The summed E-state index contributed by atoms with van der Waals surface area (Å²) in [5.41, 5.74) is 0.468. The van der Waals surface area contributed by atoms with E-state index in [1.807, 2.05) is 0 Å². The van der Waals surface area contributed by atoms with Gasteiger partial charge in [0.25, 0.3) is 11.8 Å². The van der Waals surface area contributed by atoms with E-state index in [9.17, 15) is 9.59 Å². The second-order valence-electron chi connectivity index (χ2n) is 3.51. The maximum atomic E-state index is 11.7. The normalized spacial score (nSPS) is 17.7. The van der Waals surface area contributed by atoms with Crippen LogP contribution in [-0.2, 0) is 9.59 Å². The molecule has 6 heteroatoms. The quantitative estimate of drug-likeness (QED) is 0.738. The van der Waals surface area contributed by atoms with E-state index in [2.05, 4.69) is 15.9 Å². The first-order valence-corrected chi connectivity index (χ1v) is 5.61. The highest BCUT2D eigenvalue weighted by atomic mass is 79.9. The Morgan fingerprint density at radius 3 is 2.65 bits per heavy atom. The van der Waals surface area contributed by atoms with Crippen molar-refractivity contribution >= 4 is 33.4 Å². The van der Waals surface area contributed by atoms with Crippen LogP contribution in [0.4, 0.5) is 5.69 Å². The fraction of sp³-hybridized carbons (Fsp3) is 0.0909. The number of carbonyl (C=O) groups excluding carboxylic acids is 2. The minimum Gasteiger partial charge on any atom is -0.454 e. The molecule has 17 heavy (non-hydrogen) atoms. The molecular weight excluding hydrogens is 290 g/mol. The summed E-state index contributed by atoms with van der Waals surface area (Å²) in [5.74, 6) is 0.389. The van der Waals surface area contributed by atoms with E-state index in [1.165, 1.54) is 6.08 Å². The van der Waals surface area contributed by atoms with Gasteiger partial charge in [0, 0.05) is 12.1 Å². The van der Waals surface area contributed by atoms with Gasteiger partial charge in [0.15, 0.2) is 11.5 Å². The minimum absolute atomic E-state index is 0.155. The number of hydrogen-bond donors (Lipinski definition) is 0. The summed E-state index contributed by atoms with van der Waals surface area (Å²) < 4.78 is 10.6. The Labute approximate surface area is 105 Å². The van der Waals surface area contributed by atoms with Crippen molar-refractivity contribution < 1.29 is 19.1 Å². The number of halogens is 1. The third-order valence-corrected chi connectivity index (χ3v) is 3.06. The summed E-state index contributed by atoms with van der Waals surface area (Å²) in [5, 5.41) is 0. The molecule has 3 rings (SSSR count). The Kier molecular flexibility index (Phi) is 2.19. The number of carbonyl (C=O) groups is 2. The van der Waals surface area contributed by atoms with Crippen molar-refractivity contribution in [1.82, 2.24) is 0 Å². The van der Waals surface area contributed by atoms with Crippen LogP contribution in [0.25, 0.3) is 0 Å². The maximum Gasteiger partial charge on any atom is 0.272 e. The molecule has 0 atom stereocenters. The summed E-state index contributed by atoms with van der Waals surface area (Å²) in [6.07, 6.45) is 1.24. The standard InChI is InChI=1S/C11H6BrNO4/c12-7-4-10(14)13(11(7)15)6-1-2-8-9(3-6)17-5-16-8/h1-4H,5H2. The van der Waals surface area contributed by atoms with Crippen LogP contribution < -0.4 is 14.4 Å².